The largest absolute Gasteiger partial charge is 0.454 e. The summed E-state index contributed by atoms with van der Waals surface area (Å²) in [5.74, 6) is 0.347. The summed E-state index contributed by atoms with van der Waals surface area (Å²) in [5.41, 5.74) is 8.27. The highest BCUT2D eigenvalue weighted by Gasteiger charge is 2.27. The number of carbonyl (C=O) groups excluding carboxylic acids is 2. The van der Waals surface area contributed by atoms with Gasteiger partial charge in [0.1, 0.15) is 11.6 Å². The molecule has 2 N–H and O–H groups in total. The van der Waals surface area contributed by atoms with E-state index in [0.29, 0.717) is 30.3 Å². The number of nitrogens with two attached hydrogens (primary N) is 1. The minimum absolute atomic E-state index is 0.100. The molecule has 0 saturated carbocycles. The van der Waals surface area contributed by atoms with E-state index in [4.69, 9.17) is 20.5 Å². The van der Waals surface area contributed by atoms with Crippen LogP contribution in [0.3, 0.4) is 0 Å². The maximum Gasteiger partial charge on any atom is 0.259 e. The van der Waals surface area contributed by atoms with Crippen molar-refractivity contribution >= 4 is 23.6 Å². The van der Waals surface area contributed by atoms with Crippen molar-refractivity contribution in [1.82, 2.24) is 4.57 Å². The van der Waals surface area contributed by atoms with Gasteiger partial charge in [0.15, 0.2) is 11.5 Å². The van der Waals surface area contributed by atoms with Gasteiger partial charge in [-0.3, -0.25) is 9.59 Å². The molecule has 2 aromatic rings. The van der Waals surface area contributed by atoms with Crippen molar-refractivity contribution in [3.05, 3.63) is 46.8 Å². The molecule has 0 bridgehead atoms. The van der Waals surface area contributed by atoms with Crippen LogP contribution in [-0.2, 0) is 22.7 Å². The summed E-state index contributed by atoms with van der Waals surface area (Å²) >= 11 is 0. The molecule has 4 rings (SSSR count). The first-order chi connectivity index (χ1) is 13.0. The van der Waals surface area contributed by atoms with Crippen LogP contribution in [0.1, 0.15) is 23.9 Å². The molecule has 0 saturated heterocycles. The summed E-state index contributed by atoms with van der Waals surface area (Å²) < 4.78 is 12.9. The number of ether oxygens (including phenoxy) is 2. The zero-order chi connectivity index (χ0) is 19.1. The van der Waals surface area contributed by atoms with Gasteiger partial charge in [0.2, 0.25) is 12.7 Å². The minimum atomic E-state index is -0.782. The van der Waals surface area contributed by atoms with Crippen molar-refractivity contribution in [2.45, 2.75) is 20.0 Å². The quantitative estimate of drug-likeness (QED) is 0.642. The van der Waals surface area contributed by atoms with Gasteiger partial charge in [0.25, 0.3) is 5.91 Å². The first-order valence-corrected chi connectivity index (χ1v) is 8.28. The molecule has 136 valence electrons. The molecule has 27 heavy (non-hydrogen) atoms. The Bertz CT molecular complexity index is 1040. The maximum absolute atomic E-state index is 12.3. The fourth-order valence-electron chi connectivity index (χ4n) is 3.34. The van der Waals surface area contributed by atoms with E-state index >= 15 is 0 Å². The van der Waals surface area contributed by atoms with Gasteiger partial charge in [-0.2, -0.15) is 5.26 Å². The molecule has 3 heterocycles. The second kappa shape index (κ2) is 6.21. The molecule has 2 aliphatic rings. The number of hydrogen-bond donors (Lipinski definition) is 1. The zero-order valence-corrected chi connectivity index (χ0v) is 14.6. The van der Waals surface area contributed by atoms with Crippen LogP contribution in [0.4, 0.5) is 5.69 Å². The van der Waals surface area contributed by atoms with Crippen molar-refractivity contribution in [2.75, 3.05) is 11.7 Å². The van der Waals surface area contributed by atoms with E-state index < -0.39 is 5.91 Å². The average molecular weight is 364 g/mol. The summed E-state index contributed by atoms with van der Waals surface area (Å²) in [6.45, 7) is 2.45. The predicted octanol–water partition coefficient (Wildman–Crippen LogP) is 1.52. The molecule has 2 amide bonds. The van der Waals surface area contributed by atoms with E-state index in [0.717, 1.165) is 16.9 Å². The third-order valence-corrected chi connectivity index (χ3v) is 4.68. The molecule has 0 aliphatic carbocycles. The lowest BCUT2D eigenvalue weighted by molar-refractivity contribution is -0.116. The number of aromatic nitrogens is 1. The number of fused-ring (bicyclic) bond motifs is 3. The fraction of sp³-hybridized carbons (Fsp3) is 0.211. The molecule has 8 nitrogen and oxygen atoms in total. The fourth-order valence-corrected chi connectivity index (χ4v) is 3.34. The maximum atomic E-state index is 12.3. The number of amides is 2. The van der Waals surface area contributed by atoms with E-state index in [9.17, 15) is 9.59 Å². The average Bonchev–Trinajstić information content (AvgIpc) is 3.19. The highest BCUT2D eigenvalue weighted by molar-refractivity contribution is 6.00. The van der Waals surface area contributed by atoms with Crippen LogP contribution < -0.4 is 20.1 Å². The first-order valence-electron chi connectivity index (χ1n) is 8.28. The number of primary amides is 1. The van der Waals surface area contributed by atoms with Crippen molar-refractivity contribution in [2.24, 2.45) is 5.73 Å². The van der Waals surface area contributed by atoms with Crippen LogP contribution in [0, 0.1) is 11.3 Å². The van der Waals surface area contributed by atoms with Crippen LogP contribution in [-0.4, -0.2) is 23.2 Å². The van der Waals surface area contributed by atoms with Crippen LogP contribution in [0.25, 0.3) is 6.08 Å². The van der Waals surface area contributed by atoms with Crippen LogP contribution in [0.2, 0.25) is 0 Å². The lowest BCUT2D eigenvalue weighted by atomic mass is 10.1. The molecule has 0 unspecified atom stereocenters. The summed E-state index contributed by atoms with van der Waals surface area (Å²) in [6, 6.07) is 9.14. The van der Waals surface area contributed by atoms with E-state index in [1.165, 1.54) is 13.0 Å². The van der Waals surface area contributed by atoms with Gasteiger partial charge in [0, 0.05) is 24.4 Å². The Kier molecular flexibility index (Phi) is 3.85. The monoisotopic (exact) mass is 364 g/mol. The van der Waals surface area contributed by atoms with Gasteiger partial charge >= 0.3 is 0 Å². The topological polar surface area (TPSA) is 111 Å². The molecule has 0 radical (unpaired) electrons. The van der Waals surface area contributed by atoms with E-state index in [2.05, 4.69) is 0 Å². The van der Waals surface area contributed by atoms with Crippen molar-refractivity contribution in [1.29, 1.82) is 5.26 Å². The van der Waals surface area contributed by atoms with Gasteiger partial charge in [-0.05, 0) is 29.8 Å². The molecule has 8 heteroatoms. The minimum Gasteiger partial charge on any atom is -0.454 e. The number of rotatable bonds is 2. The number of hydrogen-bond acceptors (Lipinski definition) is 5. The lowest BCUT2D eigenvalue weighted by Crippen LogP contribution is -2.27. The summed E-state index contributed by atoms with van der Waals surface area (Å²) in [7, 11) is 0. The molecule has 0 fully saturated rings. The van der Waals surface area contributed by atoms with Gasteiger partial charge in [-0.25, -0.2) is 0 Å². The Hall–Kier alpha value is -3.73. The number of benzene rings is 1. The Morgan fingerprint density at radius 2 is 1.96 bits per heavy atom. The van der Waals surface area contributed by atoms with Crippen molar-refractivity contribution < 1.29 is 19.1 Å². The normalized spacial score (nSPS) is 14.8. The summed E-state index contributed by atoms with van der Waals surface area (Å²) in [5, 5.41) is 9.12. The van der Waals surface area contributed by atoms with Crippen LogP contribution in [0.5, 0.6) is 11.5 Å². The molecule has 0 spiro atoms. The Balaban J connectivity index is 1.86. The smallest absolute Gasteiger partial charge is 0.259 e. The van der Waals surface area contributed by atoms with Gasteiger partial charge in [-0.1, -0.05) is 0 Å². The molecule has 1 aromatic heterocycles. The molecular formula is C19H16N4O4. The predicted molar refractivity (Wildman–Crippen MR) is 95.7 cm³/mol. The first kappa shape index (κ1) is 16.7. The third-order valence-electron chi connectivity index (χ3n) is 4.68. The van der Waals surface area contributed by atoms with Crippen molar-refractivity contribution in [3.63, 3.8) is 0 Å². The van der Waals surface area contributed by atoms with E-state index in [-0.39, 0.29) is 18.3 Å². The van der Waals surface area contributed by atoms with Gasteiger partial charge in [-0.15, -0.1) is 0 Å². The number of carbonyl (C=O) groups is 2. The van der Waals surface area contributed by atoms with Crippen LogP contribution in [0.15, 0.2) is 29.8 Å². The molecular weight excluding hydrogens is 348 g/mol. The Morgan fingerprint density at radius 1 is 1.22 bits per heavy atom. The van der Waals surface area contributed by atoms with Gasteiger partial charge in [0.05, 0.1) is 18.8 Å². The van der Waals surface area contributed by atoms with E-state index in [1.807, 2.05) is 28.8 Å². The molecule has 0 atom stereocenters. The standard InChI is InChI=1S/C19H16N4O4/c1-11(24)22-9-15-3-2-14(4-12(7-20)19(21)25)23(15)8-13-5-17-18(6-16(13)22)27-10-26-17/h2-6H,8-10H2,1H3,(H2,21,25). The second-order valence-electron chi connectivity index (χ2n) is 6.31. The number of anilines is 1. The summed E-state index contributed by atoms with van der Waals surface area (Å²) in [4.78, 5) is 25.3. The molecule has 1 aromatic carbocycles. The zero-order valence-electron chi connectivity index (χ0n) is 14.6. The highest BCUT2D eigenvalue weighted by Crippen LogP contribution is 2.40. The highest BCUT2D eigenvalue weighted by atomic mass is 16.7. The Labute approximate surface area is 155 Å². The number of nitrogens with zero attached hydrogens (tertiary/aromatic N) is 3. The van der Waals surface area contributed by atoms with Crippen molar-refractivity contribution in [3.8, 4) is 17.6 Å². The lowest BCUT2D eigenvalue weighted by Gasteiger charge is -2.21. The molecule has 2 aliphatic heterocycles. The van der Waals surface area contributed by atoms with Gasteiger partial charge < -0.3 is 24.7 Å². The SMILES string of the molecule is CC(=O)N1Cc2ccc(C=C(C#N)C(N)=O)n2Cc2cc3c(cc21)OCO3. The second-order valence-corrected chi connectivity index (χ2v) is 6.31. The van der Waals surface area contributed by atoms with E-state index in [1.54, 1.807) is 11.0 Å². The van der Waals surface area contributed by atoms with Crippen LogP contribution >= 0.6 is 0 Å². The third kappa shape index (κ3) is 2.79. The number of nitriles is 1. The summed E-state index contributed by atoms with van der Waals surface area (Å²) in [6.07, 6.45) is 1.46. The Morgan fingerprint density at radius 3 is 2.63 bits per heavy atom.